The number of hydrogen-bond acceptors (Lipinski definition) is 3. The molecule has 0 bridgehead atoms. The molecule has 6 heteroatoms. The lowest BCUT2D eigenvalue weighted by atomic mass is 10.1. The maximum absolute atomic E-state index is 11.9. The fourth-order valence-electron chi connectivity index (χ4n) is 2.47. The fraction of sp³-hybridized carbons (Fsp3) is 0.312. The molecule has 1 aromatic heterocycles. The second kappa shape index (κ2) is 6.43. The summed E-state index contributed by atoms with van der Waals surface area (Å²) in [6.45, 7) is 1.20. The fourth-order valence-corrected chi connectivity index (χ4v) is 2.47. The Hall–Kier alpha value is -2.63. The molecule has 114 valence electrons. The van der Waals surface area contributed by atoms with Gasteiger partial charge >= 0.3 is 0 Å². The van der Waals surface area contributed by atoms with Gasteiger partial charge in [0, 0.05) is 25.4 Å². The first kappa shape index (κ1) is 14.3. The number of nitrogens with zero attached hydrogens (tertiary/aromatic N) is 2. The summed E-state index contributed by atoms with van der Waals surface area (Å²) >= 11 is 0. The summed E-state index contributed by atoms with van der Waals surface area (Å²) in [7, 11) is 0. The highest BCUT2D eigenvalue weighted by Gasteiger charge is 2.26. The minimum absolute atomic E-state index is 0.0527. The van der Waals surface area contributed by atoms with E-state index < -0.39 is 0 Å². The molecule has 0 aliphatic carbocycles. The molecule has 1 fully saturated rings. The maximum Gasteiger partial charge on any atom is 0.242 e. The Morgan fingerprint density at radius 3 is 2.73 bits per heavy atom. The van der Waals surface area contributed by atoms with Gasteiger partial charge in [-0.05, 0) is 23.6 Å². The Kier molecular flexibility index (Phi) is 4.18. The van der Waals surface area contributed by atoms with Crippen molar-refractivity contribution in [2.45, 2.75) is 32.0 Å². The molecule has 2 heterocycles. The van der Waals surface area contributed by atoms with Crippen molar-refractivity contribution in [2.24, 2.45) is 0 Å². The minimum Gasteiger partial charge on any atom is -0.350 e. The van der Waals surface area contributed by atoms with Crippen LogP contribution < -0.4 is 10.6 Å². The number of carbonyl (C=O) groups excluding carboxylic acids is 2. The van der Waals surface area contributed by atoms with Crippen LogP contribution in [-0.2, 0) is 22.7 Å². The van der Waals surface area contributed by atoms with Gasteiger partial charge in [-0.3, -0.25) is 14.3 Å². The van der Waals surface area contributed by atoms with Gasteiger partial charge < -0.3 is 10.6 Å². The van der Waals surface area contributed by atoms with Gasteiger partial charge in [-0.15, -0.1) is 0 Å². The Bertz CT molecular complexity index is 649. The quantitative estimate of drug-likeness (QED) is 0.858. The van der Waals surface area contributed by atoms with Crippen LogP contribution in [0.15, 0.2) is 42.7 Å². The van der Waals surface area contributed by atoms with Gasteiger partial charge in [0.2, 0.25) is 11.8 Å². The smallest absolute Gasteiger partial charge is 0.242 e. The highest BCUT2D eigenvalue weighted by molar-refractivity contribution is 5.90. The summed E-state index contributed by atoms with van der Waals surface area (Å²) in [5.41, 5.74) is 2.18. The van der Waals surface area contributed by atoms with Crippen molar-refractivity contribution in [3.8, 4) is 0 Å². The zero-order valence-corrected chi connectivity index (χ0v) is 12.2. The second-order valence-electron chi connectivity index (χ2n) is 5.40. The number of benzene rings is 1. The van der Waals surface area contributed by atoms with Crippen molar-refractivity contribution >= 4 is 11.8 Å². The van der Waals surface area contributed by atoms with Crippen LogP contribution in [0.4, 0.5) is 0 Å². The SMILES string of the molecule is O=C1CC[C@@H](C(=O)NCc2ccc(Cn3cccn3)cc2)N1. The molecule has 0 saturated carbocycles. The predicted molar refractivity (Wildman–Crippen MR) is 80.8 cm³/mol. The first-order valence-corrected chi connectivity index (χ1v) is 7.33. The molecule has 3 rings (SSSR count). The average molecular weight is 298 g/mol. The number of hydrogen-bond donors (Lipinski definition) is 2. The van der Waals surface area contributed by atoms with E-state index in [-0.39, 0.29) is 17.9 Å². The molecule has 2 aromatic rings. The Morgan fingerprint density at radius 1 is 1.32 bits per heavy atom. The van der Waals surface area contributed by atoms with Crippen LogP contribution in [0.1, 0.15) is 24.0 Å². The van der Waals surface area contributed by atoms with Gasteiger partial charge in [-0.25, -0.2) is 0 Å². The molecule has 22 heavy (non-hydrogen) atoms. The maximum atomic E-state index is 11.9. The van der Waals surface area contributed by atoms with Crippen molar-refractivity contribution < 1.29 is 9.59 Å². The summed E-state index contributed by atoms with van der Waals surface area (Å²) in [4.78, 5) is 23.0. The third-order valence-electron chi connectivity index (χ3n) is 3.71. The van der Waals surface area contributed by atoms with E-state index in [1.165, 1.54) is 0 Å². The van der Waals surface area contributed by atoms with Gasteiger partial charge in [0.25, 0.3) is 0 Å². The molecular formula is C16H18N4O2. The van der Waals surface area contributed by atoms with Crippen LogP contribution in [0.5, 0.6) is 0 Å². The first-order valence-electron chi connectivity index (χ1n) is 7.33. The van der Waals surface area contributed by atoms with Crippen molar-refractivity contribution in [1.82, 2.24) is 20.4 Å². The van der Waals surface area contributed by atoms with E-state index in [1.807, 2.05) is 41.2 Å². The van der Waals surface area contributed by atoms with Gasteiger partial charge in [0.1, 0.15) is 6.04 Å². The van der Waals surface area contributed by atoms with Crippen LogP contribution in [0.25, 0.3) is 0 Å². The molecule has 1 saturated heterocycles. The molecule has 6 nitrogen and oxygen atoms in total. The predicted octanol–water partition coefficient (Wildman–Crippen LogP) is 0.826. The largest absolute Gasteiger partial charge is 0.350 e. The van der Waals surface area contributed by atoms with Gasteiger partial charge in [0.05, 0.1) is 6.54 Å². The Balaban J connectivity index is 1.50. The van der Waals surface area contributed by atoms with E-state index in [1.54, 1.807) is 6.20 Å². The van der Waals surface area contributed by atoms with Crippen LogP contribution in [-0.4, -0.2) is 27.6 Å². The number of carbonyl (C=O) groups is 2. The van der Waals surface area contributed by atoms with Crippen LogP contribution in [0.2, 0.25) is 0 Å². The van der Waals surface area contributed by atoms with E-state index >= 15 is 0 Å². The van der Waals surface area contributed by atoms with Gasteiger partial charge in [-0.1, -0.05) is 24.3 Å². The molecule has 2 amide bonds. The molecular weight excluding hydrogens is 280 g/mol. The summed E-state index contributed by atoms with van der Waals surface area (Å²) in [5.74, 6) is -0.172. The summed E-state index contributed by atoms with van der Waals surface area (Å²) in [6, 6.07) is 9.55. The monoisotopic (exact) mass is 298 g/mol. The summed E-state index contributed by atoms with van der Waals surface area (Å²) in [5, 5.41) is 9.69. The van der Waals surface area contributed by atoms with E-state index in [9.17, 15) is 9.59 Å². The van der Waals surface area contributed by atoms with E-state index in [2.05, 4.69) is 15.7 Å². The lowest BCUT2D eigenvalue weighted by molar-refractivity contribution is -0.125. The normalized spacial score (nSPS) is 17.3. The highest BCUT2D eigenvalue weighted by atomic mass is 16.2. The number of nitrogens with one attached hydrogen (secondary N) is 2. The summed E-state index contributed by atoms with van der Waals surface area (Å²) < 4.78 is 1.86. The molecule has 1 aliphatic heterocycles. The zero-order chi connectivity index (χ0) is 15.4. The van der Waals surface area contributed by atoms with Crippen molar-refractivity contribution in [3.63, 3.8) is 0 Å². The zero-order valence-electron chi connectivity index (χ0n) is 12.2. The van der Waals surface area contributed by atoms with Crippen molar-refractivity contribution in [2.75, 3.05) is 0 Å². The Morgan fingerprint density at radius 2 is 2.09 bits per heavy atom. The lowest BCUT2D eigenvalue weighted by Crippen LogP contribution is -2.41. The van der Waals surface area contributed by atoms with Gasteiger partial charge in [0.15, 0.2) is 0 Å². The number of rotatable bonds is 5. The van der Waals surface area contributed by atoms with E-state index in [0.717, 1.165) is 17.7 Å². The van der Waals surface area contributed by atoms with Crippen LogP contribution in [0, 0.1) is 0 Å². The molecule has 0 radical (unpaired) electrons. The van der Waals surface area contributed by atoms with Crippen molar-refractivity contribution in [3.05, 3.63) is 53.9 Å². The Labute approximate surface area is 128 Å². The van der Waals surface area contributed by atoms with Crippen LogP contribution >= 0.6 is 0 Å². The van der Waals surface area contributed by atoms with Gasteiger partial charge in [-0.2, -0.15) is 5.10 Å². The number of aromatic nitrogens is 2. The molecule has 2 N–H and O–H groups in total. The third-order valence-corrected chi connectivity index (χ3v) is 3.71. The molecule has 1 atom stereocenters. The standard InChI is InChI=1S/C16H18N4O2/c21-15-7-6-14(19-15)16(22)17-10-12-2-4-13(5-3-12)11-20-9-1-8-18-20/h1-5,8-9,14H,6-7,10-11H2,(H,17,22)(H,19,21)/t14-/m0/s1. The molecule has 1 aromatic carbocycles. The first-order chi connectivity index (χ1) is 10.7. The third kappa shape index (κ3) is 3.52. The van der Waals surface area contributed by atoms with Crippen LogP contribution in [0.3, 0.4) is 0 Å². The summed E-state index contributed by atoms with van der Waals surface area (Å²) in [6.07, 6.45) is 4.68. The molecule has 1 aliphatic rings. The molecule has 0 unspecified atom stereocenters. The molecule has 0 spiro atoms. The topological polar surface area (TPSA) is 76.0 Å². The minimum atomic E-state index is -0.383. The van der Waals surface area contributed by atoms with E-state index in [4.69, 9.17) is 0 Å². The average Bonchev–Trinajstić information content (AvgIpc) is 3.18. The second-order valence-corrected chi connectivity index (χ2v) is 5.40. The highest BCUT2D eigenvalue weighted by Crippen LogP contribution is 2.08. The lowest BCUT2D eigenvalue weighted by Gasteiger charge is -2.11. The number of amides is 2. The van der Waals surface area contributed by atoms with E-state index in [0.29, 0.717) is 19.4 Å². The van der Waals surface area contributed by atoms with Crippen molar-refractivity contribution in [1.29, 1.82) is 0 Å².